The van der Waals surface area contributed by atoms with Gasteiger partial charge in [-0.3, -0.25) is 0 Å². The van der Waals surface area contributed by atoms with Crippen LogP contribution in [0.15, 0.2) is 36.6 Å². The highest BCUT2D eigenvalue weighted by molar-refractivity contribution is 5.44. The van der Waals surface area contributed by atoms with Gasteiger partial charge < -0.3 is 4.74 Å². The van der Waals surface area contributed by atoms with Gasteiger partial charge >= 0.3 is 0 Å². The second-order valence-corrected chi connectivity index (χ2v) is 4.05. The molecule has 0 N–H and O–H groups in total. The predicted octanol–water partition coefficient (Wildman–Crippen LogP) is 4.33. The maximum Gasteiger partial charge on any atom is 0.130 e. The monoisotopic (exact) mass is 216 g/mol. The van der Waals surface area contributed by atoms with Crippen LogP contribution in [0.5, 0.6) is 5.75 Å². The van der Waals surface area contributed by atoms with E-state index in [0.717, 1.165) is 17.9 Å². The minimum absolute atomic E-state index is 0.846. The summed E-state index contributed by atoms with van der Waals surface area (Å²) in [5.41, 5.74) is 3.71. The van der Waals surface area contributed by atoms with Crippen molar-refractivity contribution in [3.05, 3.63) is 53.3 Å². The molecular weight excluding hydrogens is 196 g/mol. The van der Waals surface area contributed by atoms with Gasteiger partial charge in [-0.05, 0) is 57.4 Å². The minimum atomic E-state index is 0.846. The van der Waals surface area contributed by atoms with E-state index < -0.39 is 0 Å². The highest BCUT2D eigenvalue weighted by atomic mass is 16.5. The standard InChI is InChI=1S/C15H20O/c1-6-8-14-12(4)9-11(3)10-15(14)16-13(5)7-2/h6-7,9-10H,1,8H2,2-5H3. The van der Waals surface area contributed by atoms with Gasteiger partial charge in [0, 0.05) is 5.56 Å². The zero-order valence-corrected chi connectivity index (χ0v) is 10.6. The van der Waals surface area contributed by atoms with E-state index in [0.29, 0.717) is 0 Å². The lowest BCUT2D eigenvalue weighted by molar-refractivity contribution is 0.422. The predicted molar refractivity (Wildman–Crippen MR) is 69.9 cm³/mol. The summed E-state index contributed by atoms with van der Waals surface area (Å²) in [6.45, 7) is 11.9. The molecule has 1 nitrogen and oxygen atoms in total. The first-order valence-corrected chi connectivity index (χ1v) is 5.60. The molecule has 0 aliphatic carbocycles. The van der Waals surface area contributed by atoms with Gasteiger partial charge in [-0.15, -0.1) is 6.58 Å². The highest BCUT2D eigenvalue weighted by Crippen LogP contribution is 2.26. The van der Waals surface area contributed by atoms with Crippen LogP contribution in [0, 0.1) is 13.8 Å². The van der Waals surface area contributed by atoms with E-state index in [1.165, 1.54) is 16.7 Å². The van der Waals surface area contributed by atoms with Crippen molar-refractivity contribution in [1.29, 1.82) is 0 Å². The van der Waals surface area contributed by atoms with Gasteiger partial charge in [-0.2, -0.15) is 0 Å². The Morgan fingerprint density at radius 2 is 2.06 bits per heavy atom. The van der Waals surface area contributed by atoms with Crippen molar-refractivity contribution >= 4 is 0 Å². The van der Waals surface area contributed by atoms with Crippen molar-refractivity contribution in [3.8, 4) is 5.75 Å². The van der Waals surface area contributed by atoms with Crippen LogP contribution in [0.1, 0.15) is 30.5 Å². The average molecular weight is 216 g/mol. The van der Waals surface area contributed by atoms with Crippen LogP contribution in [0.4, 0.5) is 0 Å². The van der Waals surface area contributed by atoms with Crippen molar-refractivity contribution in [2.75, 3.05) is 0 Å². The van der Waals surface area contributed by atoms with Gasteiger partial charge in [-0.1, -0.05) is 12.1 Å². The summed E-state index contributed by atoms with van der Waals surface area (Å²) in [5.74, 6) is 1.88. The number of aryl methyl sites for hydroxylation is 2. The summed E-state index contributed by atoms with van der Waals surface area (Å²) in [4.78, 5) is 0. The molecule has 0 radical (unpaired) electrons. The minimum Gasteiger partial charge on any atom is -0.462 e. The molecule has 0 amide bonds. The maximum absolute atomic E-state index is 5.82. The molecule has 0 unspecified atom stereocenters. The topological polar surface area (TPSA) is 9.23 Å². The van der Waals surface area contributed by atoms with Gasteiger partial charge in [0.1, 0.15) is 5.75 Å². The zero-order valence-electron chi connectivity index (χ0n) is 10.6. The number of hydrogen-bond acceptors (Lipinski definition) is 1. The van der Waals surface area contributed by atoms with Crippen molar-refractivity contribution in [2.45, 2.75) is 34.1 Å². The van der Waals surface area contributed by atoms with Crippen LogP contribution in [-0.4, -0.2) is 0 Å². The summed E-state index contributed by atoms with van der Waals surface area (Å²) < 4.78 is 5.82. The molecule has 16 heavy (non-hydrogen) atoms. The molecular formula is C15H20O. The average Bonchev–Trinajstić information content (AvgIpc) is 2.23. The quantitative estimate of drug-likeness (QED) is 0.537. The molecule has 0 bridgehead atoms. The van der Waals surface area contributed by atoms with E-state index in [2.05, 4.69) is 32.6 Å². The SMILES string of the molecule is C=CCc1c(C)cc(C)cc1OC(C)=CC. The Morgan fingerprint density at radius 3 is 2.62 bits per heavy atom. The third kappa shape index (κ3) is 2.99. The number of rotatable bonds is 4. The van der Waals surface area contributed by atoms with Crippen LogP contribution in [0.3, 0.4) is 0 Å². The van der Waals surface area contributed by atoms with E-state index in [4.69, 9.17) is 4.74 Å². The Balaban J connectivity index is 3.17. The lowest BCUT2D eigenvalue weighted by Gasteiger charge is -2.14. The summed E-state index contributed by atoms with van der Waals surface area (Å²) >= 11 is 0. The zero-order chi connectivity index (χ0) is 12.1. The molecule has 1 heteroatoms. The second kappa shape index (κ2) is 5.55. The Bertz CT molecular complexity index is 414. The van der Waals surface area contributed by atoms with E-state index >= 15 is 0 Å². The summed E-state index contributed by atoms with van der Waals surface area (Å²) in [5, 5.41) is 0. The van der Waals surface area contributed by atoms with Gasteiger partial charge in [0.15, 0.2) is 0 Å². The molecule has 0 fully saturated rings. The maximum atomic E-state index is 5.82. The molecule has 1 aromatic carbocycles. The van der Waals surface area contributed by atoms with Crippen LogP contribution in [-0.2, 0) is 6.42 Å². The molecule has 0 atom stereocenters. The molecule has 0 aliphatic heterocycles. The smallest absolute Gasteiger partial charge is 0.130 e. The summed E-state index contributed by atoms with van der Waals surface area (Å²) in [7, 11) is 0. The van der Waals surface area contributed by atoms with Crippen LogP contribution in [0.2, 0.25) is 0 Å². The van der Waals surface area contributed by atoms with Gasteiger partial charge in [-0.25, -0.2) is 0 Å². The van der Waals surface area contributed by atoms with Gasteiger partial charge in [0.05, 0.1) is 5.76 Å². The van der Waals surface area contributed by atoms with E-state index in [1.54, 1.807) is 0 Å². The third-order valence-corrected chi connectivity index (χ3v) is 2.60. The first-order chi connectivity index (χ1) is 7.58. The van der Waals surface area contributed by atoms with Crippen molar-refractivity contribution in [3.63, 3.8) is 0 Å². The van der Waals surface area contributed by atoms with E-state index in [1.807, 2.05) is 26.0 Å². The Hall–Kier alpha value is -1.50. The molecule has 1 rings (SSSR count). The number of allylic oxidation sites excluding steroid dienone is 3. The highest BCUT2D eigenvalue weighted by Gasteiger charge is 2.07. The van der Waals surface area contributed by atoms with Gasteiger partial charge in [0.25, 0.3) is 0 Å². The number of ether oxygens (including phenoxy) is 1. The summed E-state index contributed by atoms with van der Waals surface area (Å²) in [6.07, 6.45) is 4.73. The van der Waals surface area contributed by atoms with Crippen molar-refractivity contribution < 1.29 is 4.74 Å². The molecule has 86 valence electrons. The first kappa shape index (κ1) is 12.6. The Kier molecular flexibility index (Phi) is 4.36. The molecule has 0 saturated carbocycles. The largest absolute Gasteiger partial charge is 0.462 e. The first-order valence-electron chi connectivity index (χ1n) is 5.60. The fourth-order valence-corrected chi connectivity index (χ4v) is 1.69. The fraction of sp³-hybridized carbons (Fsp3) is 0.333. The second-order valence-electron chi connectivity index (χ2n) is 4.05. The lowest BCUT2D eigenvalue weighted by Crippen LogP contribution is -1.98. The van der Waals surface area contributed by atoms with Crippen LogP contribution in [0.25, 0.3) is 0 Å². The van der Waals surface area contributed by atoms with E-state index in [9.17, 15) is 0 Å². The van der Waals surface area contributed by atoms with Crippen molar-refractivity contribution in [2.24, 2.45) is 0 Å². The Morgan fingerprint density at radius 1 is 1.38 bits per heavy atom. The molecule has 0 saturated heterocycles. The van der Waals surface area contributed by atoms with E-state index in [-0.39, 0.29) is 0 Å². The lowest BCUT2D eigenvalue weighted by atomic mass is 10.0. The van der Waals surface area contributed by atoms with Gasteiger partial charge in [0.2, 0.25) is 0 Å². The molecule has 1 aromatic rings. The summed E-state index contributed by atoms with van der Waals surface area (Å²) in [6, 6.07) is 4.26. The fourth-order valence-electron chi connectivity index (χ4n) is 1.69. The third-order valence-electron chi connectivity index (χ3n) is 2.60. The molecule has 0 aliphatic rings. The molecule has 0 heterocycles. The Labute approximate surface area is 98.5 Å². The number of hydrogen-bond donors (Lipinski definition) is 0. The number of benzene rings is 1. The molecule has 0 aromatic heterocycles. The van der Waals surface area contributed by atoms with Crippen LogP contribution >= 0.6 is 0 Å². The normalized spacial score (nSPS) is 11.4. The molecule has 0 spiro atoms. The van der Waals surface area contributed by atoms with Crippen LogP contribution < -0.4 is 4.74 Å². The van der Waals surface area contributed by atoms with Crippen molar-refractivity contribution in [1.82, 2.24) is 0 Å².